The standard InChI is InChI=1S/C12H24N2O5/c15-9-7-14(8-10-16)12(19)13-6-4-2-1-3-5-11(17)18/h15-16H,1-10H2,(H,13,19)(H,17,18). The Kier molecular flexibility index (Phi) is 10.9. The first-order valence-corrected chi connectivity index (χ1v) is 6.58. The van der Waals surface area contributed by atoms with Crippen LogP contribution in [0.4, 0.5) is 4.79 Å². The largest absolute Gasteiger partial charge is 0.481 e. The van der Waals surface area contributed by atoms with E-state index in [2.05, 4.69) is 5.32 Å². The number of aliphatic hydroxyl groups excluding tert-OH is 2. The molecule has 0 saturated carbocycles. The van der Waals surface area contributed by atoms with Crippen LogP contribution in [0.3, 0.4) is 0 Å². The minimum atomic E-state index is -0.781. The molecule has 2 amide bonds. The molecule has 7 nitrogen and oxygen atoms in total. The molecule has 0 aliphatic rings. The van der Waals surface area contributed by atoms with Crippen molar-refractivity contribution in [3.05, 3.63) is 0 Å². The number of carboxylic acid groups (broad SMARTS) is 1. The summed E-state index contributed by atoms with van der Waals surface area (Å²) in [5.74, 6) is -0.781. The van der Waals surface area contributed by atoms with Crippen LogP contribution in [0, 0.1) is 0 Å². The van der Waals surface area contributed by atoms with Crippen LogP contribution in [0.15, 0.2) is 0 Å². The zero-order valence-electron chi connectivity index (χ0n) is 11.2. The Morgan fingerprint density at radius 3 is 2.05 bits per heavy atom. The number of carbonyl (C=O) groups is 2. The van der Waals surface area contributed by atoms with Gasteiger partial charge in [-0.2, -0.15) is 0 Å². The van der Waals surface area contributed by atoms with Crippen LogP contribution in [0.1, 0.15) is 32.1 Å². The number of aliphatic hydroxyl groups is 2. The van der Waals surface area contributed by atoms with Gasteiger partial charge in [0, 0.05) is 26.1 Å². The summed E-state index contributed by atoms with van der Waals surface area (Å²) in [5, 5.41) is 28.7. The van der Waals surface area contributed by atoms with Gasteiger partial charge in [-0.1, -0.05) is 12.8 Å². The molecule has 0 spiro atoms. The molecule has 0 aliphatic carbocycles. The second-order valence-electron chi connectivity index (χ2n) is 4.22. The molecule has 0 bridgehead atoms. The Hall–Kier alpha value is -1.34. The van der Waals surface area contributed by atoms with Crippen molar-refractivity contribution in [2.75, 3.05) is 32.8 Å². The van der Waals surface area contributed by atoms with Gasteiger partial charge < -0.3 is 25.5 Å². The zero-order chi connectivity index (χ0) is 14.5. The van der Waals surface area contributed by atoms with Crippen molar-refractivity contribution in [3.63, 3.8) is 0 Å². The number of carbonyl (C=O) groups excluding carboxylic acids is 1. The molecular formula is C12H24N2O5. The summed E-state index contributed by atoms with van der Waals surface area (Å²) in [4.78, 5) is 23.2. The predicted octanol–water partition coefficient (Wildman–Crippen LogP) is 0.0177. The Balaban J connectivity index is 3.57. The summed E-state index contributed by atoms with van der Waals surface area (Å²) in [6.07, 6.45) is 3.34. The molecule has 0 heterocycles. The molecule has 0 fully saturated rings. The highest BCUT2D eigenvalue weighted by atomic mass is 16.4. The fourth-order valence-electron chi connectivity index (χ4n) is 1.62. The third-order valence-corrected chi connectivity index (χ3v) is 2.62. The van der Waals surface area contributed by atoms with Gasteiger partial charge >= 0.3 is 12.0 Å². The number of hydrogen-bond donors (Lipinski definition) is 4. The topological polar surface area (TPSA) is 110 Å². The van der Waals surface area contributed by atoms with E-state index in [1.54, 1.807) is 0 Å². The SMILES string of the molecule is O=C(O)CCCCCCNC(=O)N(CCO)CCO. The molecule has 112 valence electrons. The normalized spacial score (nSPS) is 10.2. The van der Waals surface area contributed by atoms with Crippen LogP contribution in [-0.2, 0) is 4.79 Å². The van der Waals surface area contributed by atoms with Gasteiger partial charge in [-0.05, 0) is 12.8 Å². The second kappa shape index (κ2) is 11.7. The first-order chi connectivity index (χ1) is 9.11. The van der Waals surface area contributed by atoms with Gasteiger partial charge in [-0.15, -0.1) is 0 Å². The fraction of sp³-hybridized carbons (Fsp3) is 0.833. The zero-order valence-corrected chi connectivity index (χ0v) is 11.2. The number of urea groups is 1. The van der Waals surface area contributed by atoms with Gasteiger partial charge in [0.1, 0.15) is 0 Å². The molecule has 4 N–H and O–H groups in total. The van der Waals surface area contributed by atoms with E-state index >= 15 is 0 Å². The maximum atomic E-state index is 11.6. The molecule has 0 aromatic carbocycles. The minimum absolute atomic E-state index is 0.136. The number of amides is 2. The van der Waals surface area contributed by atoms with Crippen molar-refractivity contribution in [2.45, 2.75) is 32.1 Å². The maximum Gasteiger partial charge on any atom is 0.317 e. The molecule has 0 atom stereocenters. The average molecular weight is 276 g/mol. The third kappa shape index (κ3) is 10.3. The van der Waals surface area contributed by atoms with Crippen molar-refractivity contribution in [1.82, 2.24) is 10.2 Å². The van der Waals surface area contributed by atoms with Gasteiger partial charge in [-0.25, -0.2) is 4.79 Å². The second-order valence-corrected chi connectivity index (χ2v) is 4.22. The summed E-state index contributed by atoms with van der Waals surface area (Å²) >= 11 is 0. The lowest BCUT2D eigenvalue weighted by atomic mass is 10.1. The number of hydrogen-bond acceptors (Lipinski definition) is 4. The molecule has 0 aliphatic heterocycles. The van der Waals surface area contributed by atoms with E-state index < -0.39 is 5.97 Å². The Bertz CT molecular complexity index is 255. The van der Waals surface area contributed by atoms with Gasteiger partial charge in [-0.3, -0.25) is 4.79 Å². The van der Waals surface area contributed by atoms with Crippen LogP contribution in [0.25, 0.3) is 0 Å². The van der Waals surface area contributed by atoms with Crippen LogP contribution in [0.2, 0.25) is 0 Å². The summed E-state index contributed by atoms with van der Waals surface area (Å²) in [7, 11) is 0. The van der Waals surface area contributed by atoms with Gasteiger partial charge in [0.25, 0.3) is 0 Å². The van der Waals surface area contributed by atoms with E-state index in [1.165, 1.54) is 4.90 Å². The summed E-state index contributed by atoms with van der Waals surface area (Å²) in [6, 6.07) is -0.298. The van der Waals surface area contributed by atoms with Crippen LogP contribution < -0.4 is 5.32 Å². The number of carboxylic acids is 1. The lowest BCUT2D eigenvalue weighted by molar-refractivity contribution is -0.137. The van der Waals surface area contributed by atoms with Crippen molar-refractivity contribution in [3.8, 4) is 0 Å². The minimum Gasteiger partial charge on any atom is -0.481 e. The van der Waals surface area contributed by atoms with E-state index in [0.717, 1.165) is 19.3 Å². The van der Waals surface area contributed by atoms with Crippen molar-refractivity contribution >= 4 is 12.0 Å². The lowest BCUT2D eigenvalue weighted by Gasteiger charge is -2.21. The number of rotatable bonds is 11. The van der Waals surface area contributed by atoms with E-state index in [1.807, 2.05) is 0 Å². The van der Waals surface area contributed by atoms with E-state index in [4.69, 9.17) is 15.3 Å². The van der Waals surface area contributed by atoms with Crippen molar-refractivity contribution < 1.29 is 24.9 Å². The van der Waals surface area contributed by atoms with Crippen molar-refractivity contribution in [2.24, 2.45) is 0 Å². The molecule has 0 saturated heterocycles. The van der Waals surface area contributed by atoms with Crippen LogP contribution >= 0.6 is 0 Å². The van der Waals surface area contributed by atoms with E-state index in [0.29, 0.717) is 13.0 Å². The first-order valence-electron chi connectivity index (χ1n) is 6.58. The lowest BCUT2D eigenvalue weighted by Crippen LogP contribution is -2.43. The number of aliphatic carboxylic acids is 1. The molecule has 19 heavy (non-hydrogen) atoms. The van der Waals surface area contributed by atoms with Gasteiger partial charge in [0.2, 0.25) is 0 Å². The molecule has 0 aromatic heterocycles. The highest BCUT2D eigenvalue weighted by Gasteiger charge is 2.10. The number of unbranched alkanes of at least 4 members (excludes halogenated alkanes) is 3. The smallest absolute Gasteiger partial charge is 0.317 e. The molecule has 7 heteroatoms. The molecule has 0 radical (unpaired) electrons. The molecule has 0 rings (SSSR count). The maximum absolute atomic E-state index is 11.6. The molecular weight excluding hydrogens is 252 g/mol. The van der Waals surface area contributed by atoms with Gasteiger partial charge in [0.15, 0.2) is 0 Å². The number of nitrogens with zero attached hydrogens (tertiary/aromatic N) is 1. The van der Waals surface area contributed by atoms with E-state index in [9.17, 15) is 9.59 Å². The third-order valence-electron chi connectivity index (χ3n) is 2.62. The van der Waals surface area contributed by atoms with Gasteiger partial charge in [0.05, 0.1) is 13.2 Å². The van der Waals surface area contributed by atoms with Crippen LogP contribution in [0.5, 0.6) is 0 Å². The molecule has 0 aromatic rings. The first kappa shape index (κ1) is 17.7. The highest BCUT2D eigenvalue weighted by molar-refractivity contribution is 5.74. The number of nitrogens with one attached hydrogen (secondary N) is 1. The molecule has 0 unspecified atom stereocenters. The summed E-state index contributed by atoms with van der Waals surface area (Å²) in [6.45, 7) is 0.639. The highest BCUT2D eigenvalue weighted by Crippen LogP contribution is 2.02. The summed E-state index contributed by atoms with van der Waals surface area (Å²) in [5.41, 5.74) is 0. The van der Waals surface area contributed by atoms with Crippen LogP contribution in [-0.4, -0.2) is 65.1 Å². The Labute approximate surface area is 113 Å². The fourth-order valence-corrected chi connectivity index (χ4v) is 1.62. The van der Waals surface area contributed by atoms with E-state index in [-0.39, 0.29) is 38.8 Å². The summed E-state index contributed by atoms with van der Waals surface area (Å²) < 4.78 is 0. The average Bonchev–Trinajstić information content (AvgIpc) is 2.36. The Morgan fingerprint density at radius 2 is 1.53 bits per heavy atom. The van der Waals surface area contributed by atoms with Crippen molar-refractivity contribution in [1.29, 1.82) is 0 Å². The quantitative estimate of drug-likeness (QED) is 0.398. The Morgan fingerprint density at radius 1 is 0.947 bits per heavy atom. The monoisotopic (exact) mass is 276 g/mol. The predicted molar refractivity (Wildman–Crippen MR) is 69.9 cm³/mol.